The van der Waals surface area contributed by atoms with Crippen molar-refractivity contribution in [2.75, 3.05) is 85.7 Å². The molecule has 3 N–H and O–H groups in total. The quantitative estimate of drug-likeness (QED) is 0.219. The lowest BCUT2D eigenvalue weighted by atomic mass is 10.2. The number of nitrogens with one attached hydrogen (secondary N) is 1. The fourth-order valence-corrected chi connectivity index (χ4v) is 3.12. The average Bonchev–Trinajstić information content (AvgIpc) is 2.61. The van der Waals surface area contributed by atoms with Crippen LogP contribution in [0.1, 0.15) is 19.3 Å². The third-order valence-corrected chi connectivity index (χ3v) is 4.82. The summed E-state index contributed by atoms with van der Waals surface area (Å²) in [4.78, 5) is 11.8. The van der Waals surface area contributed by atoms with Gasteiger partial charge in [-0.3, -0.25) is 9.89 Å². The van der Waals surface area contributed by atoms with Crippen LogP contribution in [0.4, 0.5) is 0 Å². The Morgan fingerprint density at radius 2 is 1.60 bits per heavy atom. The highest BCUT2D eigenvalue weighted by Gasteiger charge is 2.12. The van der Waals surface area contributed by atoms with Gasteiger partial charge in [0.25, 0.3) is 0 Å². The molecule has 8 heteroatoms. The Balaban J connectivity index is 0.00000312. The molecule has 0 aromatic rings. The van der Waals surface area contributed by atoms with Gasteiger partial charge in [0.15, 0.2) is 5.96 Å². The first-order chi connectivity index (χ1) is 11.7. The molecule has 2 rings (SSSR count). The molecule has 2 aliphatic heterocycles. The lowest BCUT2D eigenvalue weighted by Crippen LogP contribution is -2.44. The van der Waals surface area contributed by atoms with E-state index in [0.717, 1.165) is 58.8 Å². The minimum Gasteiger partial charge on any atom is -0.379 e. The highest BCUT2D eigenvalue weighted by Crippen LogP contribution is 2.01. The second-order valence-electron chi connectivity index (χ2n) is 6.85. The number of halogens is 1. The highest BCUT2D eigenvalue weighted by atomic mass is 127. The molecular formula is C17H37IN6O. The van der Waals surface area contributed by atoms with Gasteiger partial charge in [-0.15, -0.1) is 24.0 Å². The van der Waals surface area contributed by atoms with Gasteiger partial charge >= 0.3 is 0 Å². The molecule has 2 fully saturated rings. The zero-order valence-electron chi connectivity index (χ0n) is 15.8. The summed E-state index contributed by atoms with van der Waals surface area (Å²) in [6.45, 7) is 12.6. The van der Waals surface area contributed by atoms with Gasteiger partial charge in [0, 0.05) is 58.9 Å². The summed E-state index contributed by atoms with van der Waals surface area (Å²) < 4.78 is 5.35. The van der Waals surface area contributed by atoms with Gasteiger partial charge in [-0.25, -0.2) is 0 Å². The maximum absolute atomic E-state index is 5.92. The molecule has 0 saturated carbocycles. The topological polar surface area (TPSA) is 69.4 Å². The first-order valence-electron chi connectivity index (χ1n) is 9.49. The first kappa shape index (κ1) is 22.9. The number of nitrogens with zero attached hydrogens (tertiary/aromatic N) is 4. The monoisotopic (exact) mass is 468 g/mol. The van der Waals surface area contributed by atoms with Crippen molar-refractivity contribution >= 4 is 29.9 Å². The minimum atomic E-state index is 0. The second kappa shape index (κ2) is 14.0. The zero-order valence-corrected chi connectivity index (χ0v) is 18.1. The van der Waals surface area contributed by atoms with E-state index in [1.807, 2.05) is 0 Å². The van der Waals surface area contributed by atoms with Crippen LogP contribution in [0.2, 0.25) is 0 Å². The van der Waals surface area contributed by atoms with E-state index in [2.05, 4.69) is 32.1 Å². The van der Waals surface area contributed by atoms with Crippen LogP contribution in [-0.4, -0.2) is 106 Å². The predicted octanol–water partition coefficient (Wildman–Crippen LogP) is 0.259. The molecule has 0 atom stereocenters. The number of guanidine groups is 1. The highest BCUT2D eigenvalue weighted by molar-refractivity contribution is 14.0. The van der Waals surface area contributed by atoms with E-state index >= 15 is 0 Å². The summed E-state index contributed by atoms with van der Waals surface area (Å²) in [6.07, 6.45) is 3.43. The molecule has 148 valence electrons. The SMILES string of the molecule is CN1CCN(CCCCNC(N)=NCCCN2CCOCC2)CC1.I. The van der Waals surface area contributed by atoms with Gasteiger partial charge in [-0.1, -0.05) is 0 Å². The Morgan fingerprint density at radius 1 is 0.960 bits per heavy atom. The van der Waals surface area contributed by atoms with Crippen LogP contribution < -0.4 is 11.1 Å². The van der Waals surface area contributed by atoms with Crippen LogP contribution >= 0.6 is 24.0 Å². The Hall–Kier alpha value is -0.160. The molecule has 0 spiro atoms. The molecule has 7 nitrogen and oxygen atoms in total. The number of hydrogen-bond acceptors (Lipinski definition) is 5. The van der Waals surface area contributed by atoms with Crippen molar-refractivity contribution in [3.63, 3.8) is 0 Å². The first-order valence-corrected chi connectivity index (χ1v) is 9.49. The Kier molecular flexibility index (Phi) is 12.8. The number of morpholine rings is 1. The van der Waals surface area contributed by atoms with Crippen LogP contribution in [0.5, 0.6) is 0 Å². The van der Waals surface area contributed by atoms with Crippen molar-refractivity contribution in [2.45, 2.75) is 19.3 Å². The van der Waals surface area contributed by atoms with Gasteiger partial charge in [0.2, 0.25) is 0 Å². The number of nitrogens with two attached hydrogens (primary N) is 1. The summed E-state index contributed by atoms with van der Waals surface area (Å²) >= 11 is 0. The summed E-state index contributed by atoms with van der Waals surface area (Å²) in [7, 11) is 2.20. The number of aliphatic imine (C=N–C) groups is 1. The molecule has 25 heavy (non-hydrogen) atoms. The Bertz CT molecular complexity index is 357. The lowest BCUT2D eigenvalue weighted by Gasteiger charge is -2.32. The number of hydrogen-bond donors (Lipinski definition) is 2. The summed E-state index contributed by atoms with van der Waals surface area (Å²) in [5.74, 6) is 0.594. The Labute approximate surface area is 170 Å². The maximum Gasteiger partial charge on any atom is 0.188 e. The molecule has 0 aromatic heterocycles. The summed E-state index contributed by atoms with van der Waals surface area (Å²) in [5.41, 5.74) is 5.92. The number of ether oxygens (including phenoxy) is 1. The molecule has 0 amide bonds. The van der Waals surface area contributed by atoms with Gasteiger partial charge in [0.05, 0.1) is 13.2 Å². The normalized spacial score (nSPS) is 21.1. The molecule has 0 radical (unpaired) electrons. The molecule has 0 aromatic carbocycles. The van der Waals surface area contributed by atoms with Crippen LogP contribution in [-0.2, 0) is 4.74 Å². The van der Waals surface area contributed by atoms with Crippen LogP contribution in [0.3, 0.4) is 0 Å². The largest absolute Gasteiger partial charge is 0.379 e. The van der Waals surface area contributed by atoms with Gasteiger partial charge in [0.1, 0.15) is 0 Å². The fourth-order valence-electron chi connectivity index (χ4n) is 3.12. The molecule has 0 bridgehead atoms. The zero-order chi connectivity index (χ0) is 17.0. The van der Waals surface area contributed by atoms with Crippen LogP contribution in [0.25, 0.3) is 0 Å². The third kappa shape index (κ3) is 10.5. The molecular weight excluding hydrogens is 431 g/mol. The van der Waals surface area contributed by atoms with Crippen molar-refractivity contribution in [3.8, 4) is 0 Å². The van der Waals surface area contributed by atoms with E-state index in [1.54, 1.807) is 0 Å². The minimum absolute atomic E-state index is 0. The van der Waals surface area contributed by atoms with E-state index in [1.165, 1.54) is 39.1 Å². The van der Waals surface area contributed by atoms with E-state index < -0.39 is 0 Å². The maximum atomic E-state index is 5.92. The molecule has 2 heterocycles. The van der Waals surface area contributed by atoms with E-state index in [4.69, 9.17) is 10.5 Å². The number of piperazine rings is 1. The molecule has 0 aliphatic carbocycles. The van der Waals surface area contributed by atoms with Crippen molar-refractivity contribution in [2.24, 2.45) is 10.7 Å². The van der Waals surface area contributed by atoms with Crippen molar-refractivity contribution < 1.29 is 4.74 Å². The van der Waals surface area contributed by atoms with Crippen LogP contribution in [0, 0.1) is 0 Å². The van der Waals surface area contributed by atoms with Crippen LogP contribution in [0.15, 0.2) is 4.99 Å². The summed E-state index contributed by atoms with van der Waals surface area (Å²) in [6, 6.07) is 0. The number of unbranched alkanes of at least 4 members (excludes halogenated alkanes) is 1. The Morgan fingerprint density at radius 3 is 2.32 bits per heavy atom. The predicted molar refractivity (Wildman–Crippen MR) is 115 cm³/mol. The van der Waals surface area contributed by atoms with Gasteiger partial charge in [-0.2, -0.15) is 0 Å². The van der Waals surface area contributed by atoms with Gasteiger partial charge < -0.3 is 25.6 Å². The molecule has 2 saturated heterocycles. The summed E-state index contributed by atoms with van der Waals surface area (Å²) in [5, 5.41) is 3.23. The van der Waals surface area contributed by atoms with E-state index in [-0.39, 0.29) is 24.0 Å². The van der Waals surface area contributed by atoms with E-state index in [9.17, 15) is 0 Å². The second-order valence-corrected chi connectivity index (χ2v) is 6.85. The number of likely N-dealkylation sites (N-methyl/N-ethyl adjacent to an activating group) is 1. The van der Waals surface area contributed by atoms with Crippen molar-refractivity contribution in [1.29, 1.82) is 0 Å². The lowest BCUT2D eigenvalue weighted by molar-refractivity contribution is 0.0377. The van der Waals surface area contributed by atoms with Crippen molar-refractivity contribution in [3.05, 3.63) is 0 Å². The number of rotatable bonds is 9. The molecule has 2 aliphatic rings. The fraction of sp³-hybridized carbons (Fsp3) is 0.941. The average molecular weight is 468 g/mol. The van der Waals surface area contributed by atoms with E-state index in [0.29, 0.717) is 5.96 Å². The molecule has 0 unspecified atom stereocenters. The smallest absolute Gasteiger partial charge is 0.188 e. The third-order valence-electron chi connectivity index (χ3n) is 4.82. The standard InChI is InChI=1S/C17H36N6O.HI/c1-21-9-11-22(12-10-21)7-3-2-5-19-17(18)20-6-4-8-23-13-15-24-16-14-23;/h2-16H2,1H3,(H3,18,19,20);1H. The van der Waals surface area contributed by atoms with Crippen molar-refractivity contribution in [1.82, 2.24) is 20.0 Å². The van der Waals surface area contributed by atoms with Gasteiger partial charge in [-0.05, 0) is 32.9 Å².